The maximum Gasteiger partial charge on any atom is 0.160 e. The van der Waals surface area contributed by atoms with E-state index in [-0.39, 0.29) is 0 Å². The van der Waals surface area contributed by atoms with E-state index in [1.54, 1.807) is 7.05 Å². The Labute approximate surface area is 100 Å². The molecule has 0 saturated carbocycles. The van der Waals surface area contributed by atoms with Crippen molar-refractivity contribution in [2.24, 2.45) is 5.84 Å². The van der Waals surface area contributed by atoms with Gasteiger partial charge in [-0.3, -0.25) is 5.01 Å². The Morgan fingerprint density at radius 2 is 2.06 bits per heavy atom. The zero-order valence-electron chi connectivity index (χ0n) is 10.2. The van der Waals surface area contributed by atoms with E-state index in [4.69, 9.17) is 11.1 Å². The van der Waals surface area contributed by atoms with Gasteiger partial charge >= 0.3 is 0 Å². The predicted octanol–water partition coefficient (Wildman–Crippen LogP) is 2.03. The van der Waals surface area contributed by atoms with Crippen molar-refractivity contribution < 1.29 is 0 Å². The van der Waals surface area contributed by atoms with Gasteiger partial charge < -0.3 is 0 Å². The fourth-order valence-corrected chi connectivity index (χ4v) is 1.82. The molecule has 0 fully saturated rings. The molecule has 0 saturated heterocycles. The molecule has 2 N–H and O–H groups in total. The summed E-state index contributed by atoms with van der Waals surface area (Å²) in [5, 5.41) is 11.4. The first-order valence-corrected chi connectivity index (χ1v) is 5.34. The molecular weight excluding hydrogens is 212 g/mol. The fraction of sp³-hybridized carbons (Fsp3) is 0.231. The maximum absolute atomic E-state index is 9.08. The largest absolute Gasteiger partial charge is 0.297 e. The molecule has 0 atom stereocenters. The molecule has 1 aromatic heterocycles. The molecule has 0 aliphatic heterocycles. The van der Waals surface area contributed by atoms with Crippen molar-refractivity contribution in [3.8, 4) is 6.07 Å². The van der Waals surface area contributed by atoms with Gasteiger partial charge in [-0.25, -0.2) is 10.8 Å². The highest BCUT2D eigenvalue weighted by Gasteiger charge is 2.10. The van der Waals surface area contributed by atoms with Gasteiger partial charge in [0.1, 0.15) is 6.07 Å². The zero-order chi connectivity index (χ0) is 12.6. The monoisotopic (exact) mass is 226 g/mol. The molecule has 0 radical (unpaired) electrons. The van der Waals surface area contributed by atoms with E-state index in [1.807, 2.05) is 32.0 Å². The Bertz CT molecular complexity index is 623. The fourth-order valence-electron chi connectivity index (χ4n) is 1.82. The normalized spacial score (nSPS) is 10.3. The van der Waals surface area contributed by atoms with Crippen LogP contribution in [0.3, 0.4) is 0 Å². The summed E-state index contributed by atoms with van der Waals surface area (Å²) < 4.78 is 0. The van der Waals surface area contributed by atoms with Crippen LogP contribution in [0.4, 0.5) is 5.82 Å². The third-order valence-electron chi connectivity index (χ3n) is 2.95. The van der Waals surface area contributed by atoms with Crippen LogP contribution >= 0.6 is 0 Å². The van der Waals surface area contributed by atoms with Crippen LogP contribution in [0.5, 0.6) is 0 Å². The minimum Gasteiger partial charge on any atom is -0.297 e. The molecule has 1 aromatic carbocycles. The van der Waals surface area contributed by atoms with Crippen molar-refractivity contribution >= 4 is 16.7 Å². The van der Waals surface area contributed by atoms with Crippen molar-refractivity contribution in [3.05, 3.63) is 34.9 Å². The van der Waals surface area contributed by atoms with Gasteiger partial charge in [-0.15, -0.1) is 0 Å². The second-order valence-corrected chi connectivity index (χ2v) is 4.16. The third-order valence-corrected chi connectivity index (χ3v) is 2.95. The molecule has 0 unspecified atom stereocenters. The molecule has 0 spiro atoms. The van der Waals surface area contributed by atoms with E-state index in [9.17, 15) is 0 Å². The van der Waals surface area contributed by atoms with E-state index in [2.05, 4.69) is 11.1 Å². The molecule has 0 aliphatic carbocycles. The molecule has 1 heterocycles. The summed E-state index contributed by atoms with van der Waals surface area (Å²) in [5.74, 6) is 6.20. The predicted molar refractivity (Wildman–Crippen MR) is 68.5 cm³/mol. The number of hydrogen-bond donors (Lipinski definition) is 1. The van der Waals surface area contributed by atoms with E-state index in [0.717, 1.165) is 16.5 Å². The second-order valence-electron chi connectivity index (χ2n) is 4.16. The van der Waals surface area contributed by atoms with Crippen LogP contribution in [-0.4, -0.2) is 12.0 Å². The number of nitrogens with zero attached hydrogens (tertiary/aromatic N) is 3. The van der Waals surface area contributed by atoms with Crippen LogP contribution < -0.4 is 10.9 Å². The SMILES string of the molecule is Cc1ccc2cc(C#N)c(N(C)N)nc2c1C. The Morgan fingerprint density at radius 1 is 1.35 bits per heavy atom. The first-order valence-electron chi connectivity index (χ1n) is 5.34. The standard InChI is InChI=1S/C13H14N4/c1-8-4-5-10-6-11(7-14)13(17(3)15)16-12(10)9(8)2/h4-6H,15H2,1-3H3. The lowest BCUT2D eigenvalue weighted by Gasteiger charge is -2.14. The van der Waals surface area contributed by atoms with Crippen LogP contribution in [0, 0.1) is 25.2 Å². The van der Waals surface area contributed by atoms with Crippen molar-refractivity contribution in [3.63, 3.8) is 0 Å². The summed E-state index contributed by atoms with van der Waals surface area (Å²) in [5.41, 5.74) is 3.69. The molecule has 4 heteroatoms. The van der Waals surface area contributed by atoms with Gasteiger partial charge in [0.15, 0.2) is 5.82 Å². The van der Waals surface area contributed by atoms with Crippen molar-refractivity contribution in [2.45, 2.75) is 13.8 Å². The van der Waals surface area contributed by atoms with Gasteiger partial charge in [0, 0.05) is 12.4 Å². The number of anilines is 1. The number of hydrogen-bond acceptors (Lipinski definition) is 4. The van der Waals surface area contributed by atoms with Gasteiger partial charge in [0.05, 0.1) is 11.1 Å². The number of nitrogens with two attached hydrogens (primary N) is 1. The summed E-state index contributed by atoms with van der Waals surface area (Å²) in [6.07, 6.45) is 0. The van der Waals surface area contributed by atoms with Crippen LogP contribution in [0.1, 0.15) is 16.7 Å². The number of aryl methyl sites for hydroxylation is 2. The zero-order valence-corrected chi connectivity index (χ0v) is 10.2. The van der Waals surface area contributed by atoms with Crippen LogP contribution in [0.25, 0.3) is 10.9 Å². The lowest BCUT2D eigenvalue weighted by Crippen LogP contribution is -2.27. The van der Waals surface area contributed by atoms with Crippen LogP contribution in [0.2, 0.25) is 0 Å². The highest BCUT2D eigenvalue weighted by Crippen LogP contribution is 2.25. The Hall–Kier alpha value is -2.12. The highest BCUT2D eigenvalue weighted by atomic mass is 15.4. The number of rotatable bonds is 1. The lowest BCUT2D eigenvalue weighted by atomic mass is 10.0. The number of fused-ring (bicyclic) bond motifs is 1. The summed E-state index contributed by atoms with van der Waals surface area (Å²) in [7, 11) is 1.68. The van der Waals surface area contributed by atoms with Crippen LogP contribution in [0.15, 0.2) is 18.2 Å². The van der Waals surface area contributed by atoms with Crippen molar-refractivity contribution in [1.29, 1.82) is 5.26 Å². The van der Waals surface area contributed by atoms with Gasteiger partial charge in [-0.2, -0.15) is 5.26 Å². The first-order chi connectivity index (χ1) is 8.04. The second kappa shape index (κ2) is 4.04. The Kier molecular flexibility index (Phi) is 2.70. The summed E-state index contributed by atoms with van der Waals surface area (Å²) in [4.78, 5) is 4.48. The minimum absolute atomic E-state index is 0.491. The quantitative estimate of drug-likeness (QED) is 0.597. The average Bonchev–Trinajstić information content (AvgIpc) is 2.32. The van der Waals surface area contributed by atoms with E-state index >= 15 is 0 Å². The first kappa shape index (κ1) is 11.4. The smallest absolute Gasteiger partial charge is 0.160 e. The van der Waals surface area contributed by atoms with Crippen molar-refractivity contribution in [1.82, 2.24) is 4.98 Å². The molecule has 0 amide bonds. The molecule has 0 bridgehead atoms. The van der Waals surface area contributed by atoms with Gasteiger partial charge in [0.2, 0.25) is 0 Å². The molecule has 0 aliphatic rings. The van der Waals surface area contributed by atoms with E-state index in [1.165, 1.54) is 10.6 Å². The summed E-state index contributed by atoms with van der Waals surface area (Å²) in [6, 6.07) is 7.96. The molecule has 2 rings (SSSR count). The van der Waals surface area contributed by atoms with E-state index in [0.29, 0.717) is 11.4 Å². The lowest BCUT2D eigenvalue weighted by molar-refractivity contribution is 0.980. The van der Waals surface area contributed by atoms with Gasteiger partial charge in [0.25, 0.3) is 0 Å². The molecular formula is C13H14N4. The van der Waals surface area contributed by atoms with E-state index < -0.39 is 0 Å². The van der Waals surface area contributed by atoms with Crippen molar-refractivity contribution in [2.75, 3.05) is 12.1 Å². The average molecular weight is 226 g/mol. The Balaban J connectivity index is 2.85. The minimum atomic E-state index is 0.491. The third kappa shape index (κ3) is 1.81. The van der Waals surface area contributed by atoms with Gasteiger partial charge in [-0.05, 0) is 31.0 Å². The number of benzene rings is 1. The summed E-state index contributed by atoms with van der Waals surface area (Å²) in [6.45, 7) is 4.07. The number of pyridine rings is 1. The van der Waals surface area contributed by atoms with Crippen LogP contribution in [-0.2, 0) is 0 Å². The molecule has 17 heavy (non-hydrogen) atoms. The van der Waals surface area contributed by atoms with Gasteiger partial charge in [-0.1, -0.05) is 12.1 Å². The number of nitriles is 1. The molecule has 4 nitrogen and oxygen atoms in total. The topological polar surface area (TPSA) is 65.9 Å². The molecule has 2 aromatic rings. The Morgan fingerprint density at radius 3 is 2.65 bits per heavy atom. The molecule has 86 valence electrons. The number of hydrazine groups is 1. The highest BCUT2D eigenvalue weighted by molar-refractivity contribution is 5.86. The summed E-state index contributed by atoms with van der Waals surface area (Å²) >= 11 is 0. The maximum atomic E-state index is 9.08. The number of aromatic nitrogens is 1.